The maximum Gasteiger partial charge on any atom is 0.354 e. The second kappa shape index (κ2) is 9.98. The summed E-state index contributed by atoms with van der Waals surface area (Å²) in [5.74, 6) is 1.07. The zero-order valence-corrected chi connectivity index (χ0v) is 15.3. The van der Waals surface area contributed by atoms with Gasteiger partial charge >= 0.3 is 12.8 Å². The summed E-state index contributed by atoms with van der Waals surface area (Å²) >= 11 is 7.00. The Kier molecular flexibility index (Phi) is 9.10. The molecule has 0 radical (unpaired) electrons. The largest absolute Gasteiger partial charge is 0.354 e. The molecule has 0 aromatic rings. The molecule has 1 atom stereocenters. The Morgan fingerprint density at radius 2 is 2.10 bits per heavy atom. The highest BCUT2D eigenvalue weighted by Crippen LogP contribution is 2.56. The van der Waals surface area contributed by atoms with Crippen LogP contribution in [-0.4, -0.2) is 41.8 Å². The first-order valence-electron chi connectivity index (χ1n) is 7.60. The van der Waals surface area contributed by atoms with Crippen LogP contribution in [0.25, 0.3) is 0 Å². The minimum atomic E-state index is -3.18. The maximum absolute atomic E-state index is 12.7. The first-order valence-corrected chi connectivity index (χ1v) is 11.3. The fraction of sp³-hybridized carbons (Fsp3) is 0.923. The number of amides is 2. The Balaban J connectivity index is 2.69. The van der Waals surface area contributed by atoms with E-state index in [2.05, 4.69) is 5.09 Å². The number of halogens is 1. The molecule has 0 aromatic heterocycles. The molecule has 0 bridgehead atoms. The van der Waals surface area contributed by atoms with E-state index in [4.69, 9.17) is 16.1 Å². The molecule has 21 heavy (non-hydrogen) atoms. The van der Waals surface area contributed by atoms with Gasteiger partial charge in [-0.05, 0) is 37.6 Å². The Morgan fingerprint density at radius 1 is 1.43 bits per heavy atom. The third-order valence-electron chi connectivity index (χ3n) is 3.35. The molecular weight excluding hydrogens is 331 g/mol. The van der Waals surface area contributed by atoms with Crippen molar-refractivity contribution in [2.45, 2.75) is 52.0 Å². The number of hydrogen-bond acceptors (Lipinski definition) is 4. The molecule has 0 spiro atoms. The molecule has 1 saturated carbocycles. The van der Waals surface area contributed by atoms with Gasteiger partial charge < -0.3 is 9.42 Å². The average molecular weight is 357 g/mol. The number of hydrogen-bond donors (Lipinski definition) is 1. The summed E-state index contributed by atoms with van der Waals surface area (Å²) in [6.07, 6.45) is 5.12. The summed E-state index contributed by atoms with van der Waals surface area (Å²) < 4.78 is 18.0. The zero-order valence-electron chi connectivity index (χ0n) is 12.8. The number of urea groups is 1. The topological polar surface area (TPSA) is 58.6 Å². The molecule has 8 heteroatoms. The second-order valence-corrected chi connectivity index (χ2v) is 9.72. The third-order valence-corrected chi connectivity index (χ3v) is 7.67. The molecule has 5 nitrogen and oxygen atoms in total. The molecule has 0 saturated heterocycles. The molecular formula is C13H26ClN2O3PS. The van der Waals surface area contributed by atoms with Crippen molar-refractivity contribution in [3.63, 3.8) is 0 Å². The molecule has 124 valence electrons. The van der Waals surface area contributed by atoms with Crippen molar-refractivity contribution in [2.24, 2.45) is 0 Å². The van der Waals surface area contributed by atoms with E-state index in [-0.39, 0.29) is 12.1 Å². The van der Waals surface area contributed by atoms with Crippen LogP contribution in [-0.2, 0) is 9.09 Å². The molecule has 0 aromatic carbocycles. The lowest BCUT2D eigenvalue weighted by molar-refractivity contribution is 0.183. The standard InChI is InChI=1S/C13H26ClN2O3PS/c1-3-11-21-20(18,19-4-2)15-13(17)16(10-9-14)12-7-5-6-8-12/h12H,3-11H2,1-2H3,(H,15,17,18). The van der Waals surface area contributed by atoms with E-state index < -0.39 is 6.72 Å². The quantitative estimate of drug-likeness (QED) is 0.489. The van der Waals surface area contributed by atoms with Crippen LogP contribution >= 0.6 is 29.7 Å². The minimum absolute atomic E-state index is 0.204. The molecule has 1 aliphatic rings. The normalized spacial score (nSPS) is 18.4. The number of carbonyl (C=O) groups excluding carboxylic acids is 1. The Hall–Kier alpha value is 0.100. The first-order chi connectivity index (χ1) is 10.1. The van der Waals surface area contributed by atoms with Crippen molar-refractivity contribution < 1.29 is 13.9 Å². The van der Waals surface area contributed by atoms with Crippen LogP contribution in [0, 0.1) is 0 Å². The summed E-state index contributed by atoms with van der Waals surface area (Å²) in [7, 11) is 0. The summed E-state index contributed by atoms with van der Waals surface area (Å²) in [6.45, 7) is 1.39. The van der Waals surface area contributed by atoms with Crippen molar-refractivity contribution in [3.8, 4) is 0 Å². The van der Waals surface area contributed by atoms with E-state index in [0.29, 0.717) is 24.8 Å². The summed E-state index contributed by atoms with van der Waals surface area (Å²) in [6, 6.07) is -0.113. The van der Waals surface area contributed by atoms with Crippen LogP contribution in [0.1, 0.15) is 46.0 Å². The van der Waals surface area contributed by atoms with Crippen molar-refractivity contribution in [2.75, 3.05) is 24.8 Å². The fourth-order valence-corrected chi connectivity index (χ4v) is 6.17. The molecule has 1 fully saturated rings. The van der Waals surface area contributed by atoms with Crippen LogP contribution in [0.2, 0.25) is 0 Å². The summed E-state index contributed by atoms with van der Waals surface area (Å²) in [5.41, 5.74) is 0. The van der Waals surface area contributed by atoms with Gasteiger partial charge in [-0.25, -0.2) is 4.79 Å². The van der Waals surface area contributed by atoms with E-state index in [1.54, 1.807) is 11.8 Å². The highest BCUT2D eigenvalue weighted by molar-refractivity contribution is 8.56. The predicted molar refractivity (Wildman–Crippen MR) is 90.2 cm³/mol. The lowest BCUT2D eigenvalue weighted by Gasteiger charge is -2.30. The molecule has 1 unspecified atom stereocenters. The van der Waals surface area contributed by atoms with E-state index in [9.17, 15) is 9.36 Å². The van der Waals surface area contributed by atoms with Gasteiger partial charge in [-0.3, -0.25) is 9.65 Å². The Labute approximate surface area is 136 Å². The second-order valence-electron chi connectivity index (χ2n) is 4.99. The Bertz CT molecular complexity index is 367. The van der Waals surface area contributed by atoms with Crippen LogP contribution in [0.5, 0.6) is 0 Å². The van der Waals surface area contributed by atoms with Gasteiger partial charge in [-0.1, -0.05) is 19.8 Å². The van der Waals surface area contributed by atoms with Crippen LogP contribution in [0.4, 0.5) is 4.79 Å². The number of alkyl halides is 1. The van der Waals surface area contributed by atoms with Crippen molar-refractivity contribution in [1.29, 1.82) is 0 Å². The number of carbonyl (C=O) groups is 1. The van der Waals surface area contributed by atoms with Crippen molar-refractivity contribution >= 4 is 35.7 Å². The smallest absolute Gasteiger partial charge is 0.320 e. The number of nitrogens with one attached hydrogen (secondary N) is 1. The molecule has 2 amide bonds. The van der Waals surface area contributed by atoms with E-state index in [1.807, 2.05) is 6.92 Å². The predicted octanol–water partition coefficient (Wildman–Crippen LogP) is 4.47. The highest BCUT2D eigenvalue weighted by atomic mass is 35.5. The van der Waals surface area contributed by atoms with Gasteiger partial charge in [0.2, 0.25) is 0 Å². The first kappa shape index (κ1) is 19.1. The monoisotopic (exact) mass is 356 g/mol. The van der Waals surface area contributed by atoms with Gasteiger partial charge in [0.1, 0.15) is 0 Å². The minimum Gasteiger partial charge on any atom is -0.320 e. The van der Waals surface area contributed by atoms with Crippen LogP contribution in [0.3, 0.4) is 0 Å². The molecule has 1 N–H and O–H groups in total. The van der Waals surface area contributed by atoms with E-state index in [0.717, 1.165) is 32.1 Å². The van der Waals surface area contributed by atoms with Gasteiger partial charge in [-0.15, -0.1) is 11.6 Å². The number of rotatable bonds is 9. The average Bonchev–Trinajstić information content (AvgIpc) is 2.96. The lowest BCUT2D eigenvalue weighted by Crippen LogP contribution is -2.45. The van der Waals surface area contributed by atoms with Gasteiger partial charge in [0, 0.05) is 24.2 Å². The zero-order chi connectivity index (χ0) is 15.7. The third kappa shape index (κ3) is 6.39. The molecule has 1 rings (SSSR count). The highest BCUT2D eigenvalue weighted by Gasteiger charge is 2.32. The summed E-state index contributed by atoms with van der Waals surface area (Å²) in [5, 5.41) is 2.62. The van der Waals surface area contributed by atoms with E-state index >= 15 is 0 Å². The van der Waals surface area contributed by atoms with Crippen LogP contribution < -0.4 is 5.09 Å². The van der Waals surface area contributed by atoms with Gasteiger partial charge in [-0.2, -0.15) is 0 Å². The van der Waals surface area contributed by atoms with Crippen LogP contribution in [0.15, 0.2) is 0 Å². The lowest BCUT2D eigenvalue weighted by atomic mass is 10.2. The molecule has 0 heterocycles. The number of nitrogens with zero attached hydrogens (tertiary/aromatic N) is 1. The Morgan fingerprint density at radius 3 is 2.62 bits per heavy atom. The van der Waals surface area contributed by atoms with Gasteiger partial charge in [0.15, 0.2) is 0 Å². The van der Waals surface area contributed by atoms with Gasteiger partial charge in [0.25, 0.3) is 0 Å². The summed E-state index contributed by atoms with van der Waals surface area (Å²) in [4.78, 5) is 14.2. The fourth-order valence-electron chi connectivity index (χ4n) is 2.42. The molecule has 0 aliphatic heterocycles. The van der Waals surface area contributed by atoms with Crippen molar-refractivity contribution in [3.05, 3.63) is 0 Å². The van der Waals surface area contributed by atoms with Crippen molar-refractivity contribution in [1.82, 2.24) is 9.99 Å². The van der Waals surface area contributed by atoms with E-state index in [1.165, 1.54) is 11.4 Å². The van der Waals surface area contributed by atoms with Gasteiger partial charge in [0.05, 0.1) is 6.61 Å². The SMILES string of the molecule is CCCSP(=O)(NC(=O)N(CCCl)C1CCCC1)OCC. The molecule has 1 aliphatic carbocycles. The maximum atomic E-state index is 12.7.